The molecule has 0 unspecified atom stereocenters. The lowest BCUT2D eigenvalue weighted by Crippen LogP contribution is -2.62. The van der Waals surface area contributed by atoms with Crippen molar-refractivity contribution in [2.24, 2.45) is 22.2 Å². The van der Waals surface area contributed by atoms with Crippen molar-refractivity contribution in [3.8, 4) is 5.75 Å². The Balaban J connectivity index is 1.20. The molecule has 2 saturated heterocycles. The Morgan fingerprint density at radius 1 is 0.595 bits per heavy atom. The fourth-order valence-electron chi connectivity index (χ4n) is 13.7. The molecule has 4 aromatic rings. The number of aromatic hydroxyl groups is 1. The van der Waals surface area contributed by atoms with Crippen LogP contribution in [-0.2, 0) is 76.8 Å². The number of H-pyrrole nitrogens is 1. The highest BCUT2D eigenvalue weighted by atomic mass is 16.3. The highest BCUT2D eigenvalue weighted by Gasteiger charge is 2.45. The number of phenols is 1. The summed E-state index contributed by atoms with van der Waals surface area (Å²) in [6.45, 7) is 4.26. The van der Waals surface area contributed by atoms with Gasteiger partial charge >= 0.3 is 0 Å². The molecule has 31 nitrogen and oxygen atoms in total. The molecule has 12 amide bonds. The molecule has 6 rings (SSSR count). The van der Waals surface area contributed by atoms with Gasteiger partial charge in [0, 0.05) is 68.8 Å². The first-order chi connectivity index (χ1) is 53.4. The van der Waals surface area contributed by atoms with Gasteiger partial charge in [0.1, 0.15) is 66.2 Å². The Kier molecular flexibility index (Phi) is 39.2. The molecule has 2 aliphatic heterocycles. The molecule has 3 heterocycles. The number of hydrogen-bond acceptors (Lipinski definition) is 16. The van der Waals surface area contributed by atoms with E-state index in [1.807, 2.05) is 25.1 Å². The predicted molar refractivity (Wildman–Crippen MR) is 420 cm³/mol. The minimum atomic E-state index is -1.75. The van der Waals surface area contributed by atoms with E-state index in [1.54, 1.807) is 42.6 Å². The third kappa shape index (κ3) is 31.3. The number of rotatable bonds is 39. The number of aliphatic hydroxyl groups excluding tert-OH is 2. The van der Waals surface area contributed by atoms with Gasteiger partial charge in [-0.25, -0.2) is 0 Å². The minimum Gasteiger partial charge on any atom is -0.508 e. The number of aromatic amines is 1. The van der Waals surface area contributed by atoms with Crippen molar-refractivity contribution in [2.45, 2.75) is 273 Å². The summed E-state index contributed by atoms with van der Waals surface area (Å²) in [6.07, 6.45) is 16.1. The average molecular weight is 1550 g/mol. The minimum absolute atomic E-state index is 0.00392. The van der Waals surface area contributed by atoms with E-state index in [2.05, 4.69) is 70.1 Å². The molecule has 20 N–H and O–H groups in total. The van der Waals surface area contributed by atoms with Crippen LogP contribution in [-0.4, -0.2) is 195 Å². The number of phenolic OH excluding ortho intramolecular Hbond substituents is 1. The Morgan fingerprint density at radius 3 is 1.84 bits per heavy atom. The van der Waals surface area contributed by atoms with Gasteiger partial charge in [-0.1, -0.05) is 171 Å². The molecule has 0 bridgehead atoms. The maximum Gasteiger partial charge on any atom is 0.246 e. The van der Waals surface area contributed by atoms with Crippen LogP contribution >= 0.6 is 0 Å². The largest absolute Gasteiger partial charge is 0.508 e. The number of carbonyl (C=O) groups excluding carboxylic acids is 12. The van der Waals surface area contributed by atoms with Crippen LogP contribution < -0.4 is 70.4 Å². The van der Waals surface area contributed by atoms with E-state index < -0.39 is 151 Å². The van der Waals surface area contributed by atoms with Gasteiger partial charge in [0.15, 0.2) is 5.96 Å². The molecular weight excluding hydrogens is 1420 g/mol. The number of carbonyl (C=O) groups is 12. The van der Waals surface area contributed by atoms with Crippen LogP contribution in [0.4, 0.5) is 0 Å². The summed E-state index contributed by atoms with van der Waals surface area (Å²) in [5.74, 6) is -10.3. The molecule has 3 aromatic carbocycles. The number of nitrogens with two attached hydrogens (primary N) is 3. The maximum atomic E-state index is 15.2. The molecule has 0 spiro atoms. The van der Waals surface area contributed by atoms with Gasteiger partial charge in [0.05, 0.1) is 12.7 Å². The van der Waals surface area contributed by atoms with Gasteiger partial charge in [-0.3, -0.25) is 62.5 Å². The number of hydrogen-bond donors (Lipinski definition) is 17. The molecular formula is C80H120N16O15. The first kappa shape index (κ1) is 89.7. The molecule has 2 aliphatic rings. The molecule has 111 heavy (non-hydrogen) atoms. The van der Waals surface area contributed by atoms with Crippen molar-refractivity contribution in [1.29, 1.82) is 0 Å². The lowest BCUT2D eigenvalue weighted by Gasteiger charge is -2.32. The number of fused-ring (bicyclic) bond motifs is 2. The first-order valence-electron chi connectivity index (χ1n) is 39.7. The van der Waals surface area contributed by atoms with E-state index in [4.69, 9.17) is 17.2 Å². The predicted octanol–water partition coefficient (Wildman–Crippen LogP) is 2.92. The van der Waals surface area contributed by atoms with Crippen LogP contribution in [0.25, 0.3) is 10.9 Å². The summed E-state index contributed by atoms with van der Waals surface area (Å²) < 4.78 is 0. The van der Waals surface area contributed by atoms with Gasteiger partial charge in [0.25, 0.3) is 0 Å². The lowest BCUT2D eigenvalue weighted by atomic mass is 10.0. The fraction of sp³-hybridized carbons (Fsp3) is 0.588. The summed E-state index contributed by atoms with van der Waals surface area (Å²) in [7, 11) is 0. The van der Waals surface area contributed by atoms with Crippen LogP contribution in [0.3, 0.4) is 0 Å². The molecule has 0 aliphatic carbocycles. The number of aliphatic imine (C=N–C) groups is 1. The Bertz CT molecular complexity index is 3690. The van der Waals surface area contributed by atoms with Crippen LogP contribution in [0.15, 0.2) is 90.1 Å². The topological polar surface area (TPSA) is 495 Å². The SMILES string of the molecule is CCCCCCCCCCCCCCCCC(=O)N[C@@H](C)C(=O)N[C@@H](Cc1ccc(O)cc1)C(=O)N[C@@H](CO)C(=O)N[C@@H](CCCC)C(=O)N[C@H]1CCC(=O)NCCCC[C@@H](C(N)=O)NC(=O)[C@H](Cc2c[nH]c3ccccc23)NC(=O)[C@H](CCCN=C(N)N)NC(=O)[C@@H](Cc2ccccc2)NC(=O)[C@@H]2[C@@H](O)CCN2C1=O. The van der Waals surface area contributed by atoms with E-state index in [-0.39, 0.29) is 108 Å². The highest BCUT2D eigenvalue weighted by Crippen LogP contribution is 2.24. The smallest absolute Gasteiger partial charge is 0.246 e. The van der Waals surface area contributed by atoms with Crippen molar-refractivity contribution in [3.05, 3.63) is 102 Å². The summed E-state index contributed by atoms with van der Waals surface area (Å²) in [4.78, 5) is 180. The number of amides is 12. The first-order valence-corrected chi connectivity index (χ1v) is 39.7. The van der Waals surface area contributed by atoms with Crippen LogP contribution in [0.5, 0.6) is 5.75 Å². The zero-order valence-corrected chi connectivity index (χ0v) is 64.6. The Hall–Kier alpha value is -10.2. The van der Waals surface area contributed by atoms with E-state index in [9.17, 15) is 68.1 Å². The number of aromatic nitrogens is 1. The molecule has 0 radical (unpaired) electrons. The zero-order chi connectivity index (χ0) is 80.6. The van der Waals surface area contributed by atoms with Crippen molar-refractivity contribution >= 4 is 87.7 Å². The van der Waals surface area contributed by atoms with Crippen molar-refractivity contribution in [3.63, 3.8) is 0 Å². The van der Waals surface area contributed by atoms with Gasteiger partial charge in [-0.2, -0.15) is 0 Å². The van der Waals surface area contributed by atoms with E-state index >= 15 is 4.79 Å². The zero-order valence-electron chi connectivity index (χ0n) is 64.6. The summed E-state index contributed by atoms with van der Waals surface area (Å²) in [6, 6.07) is 6.83. The van der Waals surface area contributed by atoms with Crippen LogP contribution in [0, 0.1) is 0 Å². The quantitative estimate of drug-likeness (QED) is 0.0173. The number of unbranched alkanes of at least 4 members (excludes halogenated alkanes) is 14. The highest BCUT2D eigenvalue weighted by molar-refractivity contribution is 6.00. The number of nitrogens with zero attached hydrogens (tertiary/aromatic N) is 2. The van der Waals surface area contributed by atoms with Crippen LogP contribution in [0.1, 0.15) is 204 Å². The Morgan fingerprint density at radius 2 is 1.18 bits per heavy atom. The number of aliphatic hydroxyl groups is 2. The van der Waals surface area contributed by atoms with E-state index in [0.29, 0.717) is 36.0 Å². The third-order valence-electron chi connectivity index (χ3n) is 20.2. The van der Waals surface area contributed by atoms with E-state index in [1.165, 1.54) is 89.0 Å². The Labute approximate surface area is 650 Å². The number of nitrogens with one attached hydrogen (secondary N) is 11. The fourth-order valence-corrected chi connectivity index (χ4v) is 13.7. The molecule has 11 atom stereocenters. The normalized spacial score (nSPS) is 20.2. The maximum absolute atomic E-state index is 15.2. The van der Waals surface area contributed by atoms with Crippen molar-refractivity contribution < 1.29 is 72.9 Å². The number of guanidine groups is 1. The van der Waals surface area contributed by atoms with Gasteiger partial charge in [-0.15, -0.1) is 0 Å². The monoisotopic (exact) mass is 1540 g/mol. The molecule has 610 valence electrons. The summed E-state index contributed by atoms with van der Waals surface area (Å²) in [5.41, 5.74) is 19.5. The lowest BCUT2D eigenvalue weighted by molar-refractivity contribution is -0.144. The second-order valence-electron chi connectivity index (χ2n) is 29.1. The molecule has 31 heteroatoms. The number of primary amides is 1. The van der Waals surface area contributed by atoms with Crippen molar-refractivity contribution in [1.82, 2.24) is 63.1 Å². The van der Waals surface area contributed by atoms with Gasteiger partial charge < -0.3 is 95.6 Å². The molecule has 0 saturated carbocycles. The summed E-state index contributed by atoms with van der Waals surface area (Å²) in [5, 5.41) is 60.0. The standard InChI is InChI=1S/C80H120N16O15/c1-4-6-8-9-10-11-12-13-14-15-16-17-18-22-35-68(101)87-51(3)71(103)92-62(47-53-36-38-55(98)39-37-53)75(107)95-65(50-97)77(109)90-59(31-7-5-2)72(104)91-61-40-41-67(100)84-43-26-25-33-58(70(81)102)88-76(108)64(48-54-49-86-57-32-24-23-30-56(54)57)93-73(105)60(34-27-44-85-80(82)83)89-74(106)63(46-52-28-20-19-21-29-52)94-78(110)69-66(99)42-45-96(69)79(61)111/h19-21,23-24,28-30,32,36-39,49,51,58-66,69,86,97-99H,4-18,22,25-27,31,33-35,40-48,50H2,1-3H3,(H2,81,102)(H,84,100)(H,87,101)(H,88,108)(H,89,106)(H,90,109)(H,91,104)(H,92,103)(H,93,105)(H,94,110)(H,95,107)(H4,82,83,85)/t51-,58-,59-,60-,61-,62-,63+,64-,65-,66-,69-/m0/s1. The second-order valence-corrected chi connectivity index (χ2v) is 29.1. The third-order valence-corrected chi connectivity index (χ3v) is 20.2. The van der Waals surface area contributed by atoms with E-state index in [0.717, 1.165) is 41.5 Å². The van der Waals surface area contributed by atoms with Crippen molar-refractivity contribution in [2.75, 3.05) is 26.2 Å². The average Bonchev–Trinajstić information content (AvgIpc) is 1.70. The summed E-state index contributed by atoms with van der Waals surface area (Å²) >= 11 is 0. The van der Waals surface area contributed by atoms with Crippen LogP contribution in [0.2, 0.25) is 0 Å². The number of para-hydroxylation sites is 1. The van der Waals surface area contributed by atoms with Gasteiger partial charge in [0.2, 0.25) is 70.9 Å². The number of benzene rings is 3. The second kappa shape index (κ2) is 48.5. The molecule has 2 fully saturated rings. The van der Waals surface area contributed by atoms with Gasteiger partial charge in [-0.05, 0) is 99.6 Å². The molecule has 1 aromatic heterocycles.